The second kappa shape index (κ2) is 12.7. The van der Waals surface area contributed by atoms with Crippen LogP contribution < -0.4 is 0 Å². The Bertz CT molecular complexity index is 1280. The van der Waals surface area contributed by atoms with Gasteiger partial charge in [-0.2, -0.15) is 0 Å². The van der Waals surface area contributed by atoms with E-state index in [2.05, 4.69) is 111 Å². The quantitative estimate of drug-likeness (QED) is 0.247. The van der Waals surface area contributed by atoms with Crippen molar-refractivity contribution in [2.45, 2.75) is 121 Å². The molecule has 0 aromatic rings. The lowest BCUT2D eigenvalue weighted by Crippen LogP contribution is -2.23. The third kappa shape index (κ3) is 7.12. The van der Waals surface area contributed by atoms with Crippen LogP contribution in [0.15, 0.2) is 97.9 Å². The van der Waals surface area contributed by atoms with E-state index < -0.39 is 0 Å². The summed E-state index contributed by atoms with van der Waals surface area (Å²) in [7, 11) is 0. The molecule has 0 saturated heterocycles. The fourth-order valence-electron chi connectivity index (χ4n) is 8.04. The van der Waals surface area contributed by atoms with Gasteiger partial charge in [-0.1, -0.05) is 85.4 Å². The molecule has 0 bridgehead atoms. The molecule has 0 fully saturated rings. The monoisotopic (exact) mass is 536 g/mol. The Morgan fingerprint density at radius 3 is 2.35 bits per heavy atom. The molecule has 0 nitrogen and oxygen atoms in total. The van der Waals surface area contributed by atoms with Crippen molar-refractivity contribution in [2.24, 2.45) is 29.1 Å². The van der Waals surface area contributed by atoms with Gasteiger partial charge in [0.05, 0.1) is 0 Å². The Balaban J connectivity index is 1.68. The van der Waals surface area contributed by atoms with E-state index in [1.54, 1.807) is 39.0 Å². The number of rotatable bonds is 4. The van der Waals surface area contributed by atoms with Crippen molar-refractivity contribution in [2.75, 3.05) is 0 Å². The molecule has 0 heterocycles. The van der Waals surface area contributed by atoms with Gasteiger partial charge in [0.2, 0.25) is 0 Å². The molecular formula is C40H56. The van der Waals surface area contributed by atoms with Crippen LogP contribution in [0.5, 0.6) is 0 Å². The van der Waals surface area contributed by atoms with Crippen LogP contribution in [0.25, 0.3) is 0 Å². The molecule has 0 radical (unpaired) electrons. The summed E-state index contributed by atoms with van der Waals surface area (Å²) in [6.07, 6.45) is 24.2. The minimum absolute atomic E-state index is 0.133. The predicted molar refractivity (Wildman–Crippen MR) is 176 cm³/mol. The average molecular weight is 537 g/mol. The van der Waals surface area contributed by atoms with Crippen LogP contribution in [0.2, 0.25) is 0 Å². The summed E-state index contributed by atoms with van der Waals surface area (Å²) in [4.78, 5) is 0. The maximum atomic E-state index is 3.50. The molecule has 5 unspecified atom stereocenters. The summed E-state index contributed by atoms with van der Waals surface area (Å²) < 4.78 is 0. The highest BCUT2D eigenvalue weighted by Gasteiger charge is 2.31. The minimum Gasteiger partial charge on any atom is -0.124 e. The van der Waals surface area contributed by atoms with Gasteiger partial charge in [0.15, 0.2) is 0 Å². The molecule has 4 aliphatic rings. The topological polar surface area (TPSA) is 0 Å². The van der Waals surface area contributed by atoms with Crippen LogP contribution >= 0.6 is 0 Å². The summed E-state index contributed by atoms with van der Waals surface area (Å²) >= 11 is 0. The molecule has 0 aliphatic heterocycles. The minimum atomic E-state index is 0.133. The van der Waals surface area contributed by atoms with Crippen molar-refractivity contribution in [3.8, 4) is 0 Å². The van der Waals surface area contributed by atoms with Gasteiger partial charge < -0.3 is 0 Å². The standard InChI is InChI=1S/C40H56/c1-26-13-12-16-40(10,34(9)20-26)25-35-14-11-15-37(33(8)23-30(35)5)39-24-36(21-29(4)19-32(39)7)38-22-28(3)17-27(2)18-31(38)6/h13,16,18-20,24,28,32,34,39H,11,14-15,17,21-23,25H2,1-10H3. The number of hydrogen-bond acceptors (Lipinski definition) is 0. The van der Waals surface area contributed by atoms with E-state index >= 15 is 0 Å². The first kappa shape index (κ1) is 30.7. The number of hydrogen-bond donors (Lipinski definition) is 0. The Labute approximate surface area is 247 Å². The smallest absolute Gasteiger partial charge is 0.00457 e. The highest BCUT2D eigenvalue weighted by atomic mass is 14.4. The SMILES string of the molecule is CC1=CC(C)C(C)(CC2=C(C)CC(C)=C(C3C=C(C4=C(C)C=C(C)CC(C)C4)CC(C)=CC3C)CCC2)C=C=C1. The van der Waals surface area contributed by atoms with E-state index in [0.29, 0.717) is 23.7 Å². The van der Waals surface area contributed by atoms with Gasteiger partial charge in [0.25, 0.3) is 0 Å². The Morgan fingerprint density at radius 1 is 0.850 bits per heavy atom. The van der Waals surface area contributed by atoms with E-state index in [1.807, 2.05) is 0 Å². The van der Waals surface area contributed by atoms with Gasteiger partial charge in [-0.3, -0.25) is 0 Å². The highest BCUT2D eigenvalue weighted by molar-refractivity contribution is 5.46. The maximum Gasteiger partial charge on any atom is 0.00457 e. The molecular weight excluding hydrogens is 480 g/mol. The molecule has 0 amide bonds. The van der Waals surface area contributed by atoms with Crippen LogP contribution in [-0.2, 0) is 0 Å². The van der Waals surface area contributed by atoms with Gasteiger partial charge in [-0.25, -0.2) is 0 Å². The van der Waals surface area contributed by atoms with Crippen molar-refractivity contribution >= 4 is 0 Å². The van der Waals surface area contributed by atoms with Crippen LogP contribution in [0.4, 0.5) is 0 Å². The van der Waals surface area contributed by atoms with Crippen molar-refractivity contribution < 1.29 is 0 Å². The zero-order valence-electron chi connectivity index (χ0n) is 27.4. The third-order valence-electron chi connectivity index (χ3n) is 10.4. The largest absolute Gasteiger partial charge is 0.124 e. The molecule has 0 aromatic heterocycles. The molecule has 4 rings (SSSR count). The van der Waals surface area contributed by atoms with E-state index in [9.17, 15) is 0 Å². The summed E-state index contributed by atoms with van der Waals surface area (Å²) in [5, 5.41) is 0. The van der Waals surface area contributed by atoms with Crippen molar-refractivity contribution in [3.63, 3.8) is 0 Å². The highest BCUT2D eigenvalue weighted by Crippen LogP contribution is 2.44. The van der Waals surface area contributed by atoms with Crippen LogP contribution in [-0.4, -0.2) is 0 Å². The summed E-state index contributed by atoms with van der Waals surface area (Å²) in [5.41, 5.74) is 19.4. The zero-order valence-corrected chi connectivity index (χ0v) is 27.4. The zero-order chi connectivity index (χ0) is 29.2. The molecule has 0 N–H and O–H groups in total. The Morgan fingerprint density at radius 2 is 1.60 bits per heavy atom. The summed E-state index contributed by atoms with van der Waals surface area (Å²) in [6.45, 7) is 23.8. The van der Waals surface area contributed by atoms with Crippen molar-refractivity contribution in [1.29, 1.82) is 0 Å². The van der Waals surface area contributed by atoms with Gasteiger partial charge in [0, 0.05) is 11.3 Å². The van der Waals surface area contributed by atoms with Crippen molar-refractivity contribution in [1.82, 2.24) is 0 Å². The molecule has 5 atom stereocenters. The van der Waals surface area contributed by atoms with E-state index in [0.717, 1.165) is 19.3 Å². The second-order valence-corrected chi connectivity index (χ2v) is 14.5. The van der Waals surface area contributed by atoms with Crippen molar-refractivity contribution in [3.05, 3.63) is 97.9 Å². The Hall–Kier alpha value is -2.30. The predicted octanol–water partition coefficient (Wildman–Crippen LogP) is 12.1. The second-order valence-electron chi connectivity index (χ2n) is 14.5. The van der Waals surface area contributed by atoms with Gasteiger partial charge >= 0.3 is 0 Å². The van der Waals surface area contributed by atoms with Crippen LogP contribution in [0.3, 0.4) is 0 Å². The molecule has 216 valence electrons. The molecule has 0 aromatic carbocycles. The fraction of sp³-hybridized carbons (Fsp3) is 0.575. The van der Waals surface area contributed by atoms with Crippen LogP contribution in [0, 0.1) is 29.1 Å². The van der Waals surface area contributed by atoms with Gasteiger partial charge in [-0.05, 0) is 145 Å². The average Bonchev–Trinajstić information content (AvgIpc) is 3.14. The first-order chi connectivity index (χ1) is 18.9. The third-order valence-corrected chi connectivity index (χ3v) is 10.4. The van der Waals surface area contributed by atoms with E-state index in [4.69, 9.17) is 0 Å². The molecule has 40 heavy (non-hydrogen) atoms. The van der Waals surface area contributed by atoms with E-state index in [-0.39, 0.29) is 5.41 Å². The first-order valence-corrected chi connectivity index (χ1v) is 16.1. The molecule has 0 heteroatoms. The maximum absolute atomic E-state index is 3.50. The molecule has 0 saturated carbocycles. The van der Waals surface area contributed by atoms with Gasteiger partial charge in [-0.15, -0.1) is 5.73 Å². The number of allylic oxidation sites excluding steroid dienone is 15. The first-order valence-electron chi connectivity index (χ1n) is 16.1. The van der Waals surface area contributed by atoms with Gasteiger partial charge in [0.1, 0.15) is 0 Å². The molecule has 4 aliphatic carbocycles. The Kier molecular flexibility index (Phi) is 9.73. The lowest BCUT2D eigenvalue weighted by atomic mass is 9.71. The summed E-state index contributed by atoms with van der Waals surface area (Å²) in [6, 6.07) is 0. The fourth-order valence-corrected chi connectivity index (χ4v) is 8.04. The molecule has 0 spiro atoms. The lowest BCUT2D eigenvalue weighted by Gasteiger charge is -2.34. The summed E-state index contributed by atoms with van der Waals surface area (Å²) in [5.74, 6) is 2.28. The lowest BCUT2D eigenvalue weighted by molar-refractivity contribution is 0.320. The van der Waals surface area contributed by atoms with E-state index in [1.165, 1.54) is 48.8 Å². The van der Waals surface area contributed by atoms with Crippen LogP contribution in [0.1, 0.15) is 121 Å². The normalized spacial score (nSPS) is 32.5.